The van der Waals surface area contributed by atoms with Crippen molar-refractivity contribution >= 4 is 23.2 Å². The lowest BCUT2D eigenvalue weighted by Gasteiger charge is -1.98. The SMILES string of the molecule is NCCC#Cc1cc(F)c(Cl)c(Cl)c1. The second-order valence-electron chi connectivity index (χ2n) is 2.59. The number of halogens is 3. The van der Waals surface area contributed by atoms with Gasteiger partial charge in [-0.05, 0) is 12.1 Å². The molecule has 1 rings (SSSR count). The number of hydrogen-bond acceptors (Lipinski definition) is 1. The van der Waals surface area contributed by atoms with Crippen molar-refractivity contribution in [2.45, 2.75) is 6.42 Å². The molecule has 0 saturated heterocycles. The summed E-state index contributed by atoms with van der Waals surface area (Å²) in [5.41, 5.74) is 5.76. The molecule has 0 amide bonds. The molecule has 0 radical (unpaired) electrons. The highest BCUT2D eigenvalue weighted by atomic mass is 35.5. The van der Waals surface area contributed by atoms with E-state index in [0.29, 0.717) is 18.5 Å². The van der Waals surface area contributed by atoms with Gasteiger partial charge in [-0.15, -0.1) is 0 Å². The van der Waals surface area contributed by atoms with E-state index in [1.165, 1.54) is 12.1 Å². The van der Waals surface area contributed by atoms with Crippen molar-refractivity contribution in [1.82, 2.24) is 0 Å². The molecule has 0 unspecified atom stereocenters. The number of rotatable bonds is 1. The Bertz CT molecular complexity index is 370. The molecule has 0 atom stereocenters. The second kappa shape index (κ2) is 5.21. The average Bonchev–Trinajstić information content (AvgIpc) is 2.14. The minimum Gasteiger partial charge on any atom is -0.330 e. The van der Waals surface area contributed by atoms with Gasteiger partial charge in [0, 0.05) is 18.5 Å². The molecule has 0 heterocycles. The van der Waals surface area contributed by atoms with Crippen molar-refractivity contribution in [1.29, 1.82) is 0 Å². The van der Waals surface area contributed by atoms with Gasteiger partial charge in [0.25, 0.3) is 0 Å². The molecule has 0 aliphatic carbocycles. The van der Waals surface area contributed by atoms with Crippen LogP contribution in [0.3, 0.4) is 0 Å². The maximum atomic E-state index is 13.0. The van der Waals surface area contributed by atoms with Crippen LogP contribution in [0.2, 0.25) is 10.0 Å². The molecule has 1 aromatic rings. The standard InChI is InChI=1S/C10H8Cl2FN/c11-8-5-7(3-1-2-4-14)6-9(13)10(8)12/h5-6H,2,4,14H2. The average molecular weight is 232 g/mol. The van der Waals surface area contributed by atoms with Crippen LogP contribution in [-0.2, 0) is 0 Å². The summed E-state index contributed by atoms with van der Waals surface area (Å²) in [5, 5.41) is 0.0970. The van der Waals surface area contributed by atoms with E-state index in [-0.39, 0.29) is 10.0 Å². The van der Waals surface area contributed by atoms with Gasteiger partial charge in [-0.3, -0.25) is 0 Å². The third-order valence-electron chi connectivity index (χ3n) is 1.49. The Morgan fingerprint density at radius 1 is 1.36 bits per heavy atom. The molecule has 1 aromatic carbocycles. The second-order valence-corrected chi connectivity index (χ2v) is 3.38. The predicted molar refractivity (Wildman–Crippen MR) is 57.0 cm³/mol. The van der Waals surface area contributed by atoms with Crippen molar-refractivity contribution in [3.05, 3.63) is 33.6 Å². The van der Waals surface area contributed by atoms with Crippen LogP contribution in [0.5, 0.6) is 0 Å². The summed E-state index contributed by atoms with van der Waals surface area (Å²) in [6.07, 6.45) is 0.571. The minimum absolute atomic E-state index is 0.0731. The number of hydrogen-bond donors (Lipinski definition) is 1. The van der Waals surface area contributed by atoms with Crippen LogP contribution < -0.4 is 5.73 Å². The molecule has 1 nitrogen and oxygen atoms in total. The first kappa shape index (κ1) is 11.3. The van der Waals surface area contributed by atoms with Crippen LogP contribution in [0.25, 0.3) is 0 Å². The maximum absolute atomic E-state index is 13.0. The van der Waals surface area contributed by atoms with Gasteiger partial charge in [-0.1, -0.05) is 35.0 Å². The molecular weight excluding hydrogens is 224 g/mol. The van der Waals surface area contributed by atoms with Crippen LogP contribution >= 0.6 is 23.2 Å². The number of nitrogens with two attached hydrogens (primary N) is 1. The Morgan fingerprint density at radius 3 is 2.64 bits per heavy atom. The molecule has 0 aliphatic rings. The van der Waals surface area contributed by atoms with E-state index in [1.807, 2.05) is 0 Å². The van der Waals surface area contributed by atoms with E-state index in [4.69, 9.17) is 28.9 Å². The van der Waals surface area contributed by atoms with Gasteiger partial charge in [0.05, 0.1) is 10.0 Å². The van der Waals surface area contributed by atoms with Gasteiger partial charge in [0.15, 0.2) is 0 Å². The summed E-state index contributed by atoms with van der Waals surface area (Å²) in [5.74, 6) is 4.96. The molecule has 0 aromatic heterocycles. The lowest BCUT2D eigenvalue weighted by molar-refractivity contribution is 0.628. The molecule has 4 heteroatoms. The fourth-order valence-corrected chi connectivity index (χ4v) is 1.18. The van der Waals surface area contributed by atoms with Crippen LogP contribution in [0.15, 0.2) is 12.1 Å². The van der Waals surface area contributed by atoms with E-state index in [0.717, 1.165) is 0 Å². The predicted octanol–water partition coefficient (Wildman–Crippen LogP) is 2.83. The third-order valence-corrected chi connectivity index (χ3v) is 2.26. The van der Waals surface area contributed by atoms with Crippen LogP contribution in [-0.4, -0.2) is 6.54 Å². The highest BCUT2D eigenvalue weighted by molar-refractivity contribution is 6.42. The van der Waals surface area contributed by atoms with Gasteiger partial charge in [-0.2, -0.15) is 0 Å². The summed E-state index contributed by atoms with van der Waals surface area (Å²) >= 11 is 11.2. The fourth-order valence-electron chi connectivity index (χ4n) is 0.864. The Labute approximate surface area is 92.0 Å². The zero-order chi connectivity index (χ0) is 10.6. The Kier molecular flexibility index (Phi) is 4.21. The van der Waals surface area contributed by atoms with E-state index in [1.54, 1.807) is 0 Å². The molecule has 0 bridgehead atoms. The van der Waals surface area contributed by atoms with E-state index < -0.39 is 5.82 Å². The molecule has 0 spiro atoms. The number of benzene rings is 1. The van der Waals surface area contributed by atoms with Crippen molar-refractivity contribution < 1.29 is 4.39 Å². The van der Waals surface area contributed by atoms with Gasteiger partial charge >= 0.3 is 0 Å². The molecule has 14 heavy (non-hydrogen) atoms. The van der Waals surface area contributed by atoms with Crippen molar-refractivity contribution in [2.24, 2.45) is 5.73 Å². The molecule has 0 saturated carbocycles. The molecular formula is C10H8Cl2FN. The lowest BCUT2D eigenvalue weighted by Crippen LogP contribution is -1.95. The topological polar surface area (TPSA) is 26.0 Å². The summed E-state index contributed by atoms with van der Waals surface area (Å²) < 4.78 is 13.0. The quantitative estimate of drug-likeness (QED) is 0.584. The van der Waals surface area contributed by atoms with Crippen LogP contribution in [0.4, 0.5) is 4.39 Å². The van der Waals surface area contributed by atoms with Gasteiger partial charge in [-0.25, -0.2) is 4.39 Å². The van der Waals surface area contributed by atoms with Crippen molar-refractivity contribution in [2.75, 3.05) is 6.54 Å². The minimum atomic E-state index is -0.559. The maximum Gasteiger partial charge on any atom is 0.144 e. The summed E-state index contributed by atoms with van der Waals surface area (Å²) in [6, 6.07) is 2.77. The lowest BCUT2D eigenvalue weighted by atomic mass is 10.2. The Morgan fingerprint density at radius 2 is 2.07 bits per heavy atom. The van der Waals surface area contributed by atoms with E-state index in [9.17, 15) is 4.39 Å². The summed E-state index contributed by atoms with van der Waals surface area (Å²) in [4.78, 5) is 0. The monoisotopic (exact) mass is 231 g/mol. The van der Waals surface area contributed by atoms with Crippen molar-refractivity contribution in [3.63, 3.8) is 0 Å². The van der Waals surface area contributed by atoms with Gasteiger partial charge < -0.3 is 5.73 Å². The zero-order valence-electron chi connectivity index (χ0n) is 7.28. The Hall–Kier alpha value is -0.750. The summed E-state index contributed by atoms with van der Waals surface area (Å²) in [7, 11) is 0. The largest absolute Gasteiger partial charge is 0.330 e. The smallest absolute Gasteiger partial charge is 0.144 e. The first-order valence-electron chi connectivity index (χ1n) is 3.98. The van der Waals surface area contributed by atoms with Crippen molar-refractivity contribution in [3.8, 4) is 11.8 Å². The zero-order valence-corrected chi connectivity index (χ0v) is 8.79. The van der Waals surface area contributed by atoms with E-state index >= 15 is 0 Å². The van der Waals surface area contributed by atoms with Gasteiger partial charge in [0.1, 0.15) is 5.82 Å². The first-order chi connectivity index (χ1) is 6.65. The first-order valence-corrected chi connectivity index (χ1v) is 4.74. The fraction of sp³-hybridized carbons (Fsp3) is 0.200. The highest BCUT2D eigenvalue weighted by Gasteiger charge is 2.05. The Balaban J connectivity index is 2.97. The van der Waals surface area contributed by atoms with Gasteiger partial charge in [0.2, 0.25) is 0 Å². The third kappa shape index (κ3) is 2.88. The molecule has 74 valence electrons. The summed E-state index contributed by atoms with van der Waals surface area (Å²) in [6.45, 7) is 0.483. The molecule has 0 aliphatic heterocycles. The highest BCUT2D eigenvalue weighted by Crippen LogP contribution is 2.25. The molecule has 2 N–H and O–H groups in total. The normalized spacial score (nSPS) is 9.43. The van der Waals surface area contributed by atoms with E-state index in [2.05, 4.69) is 11.8 Å². The molecule has 0 fully saturated rings. The van der Waals surface area contributed by atoms with Crippen LogP contribution in [0.1, 0.15) is 12.0 Å². The van der Waals surface area contributed by atoms with Crippen LogP contribution in [0, 0.1) is 17.7 Å².